The van der Waals surface area contributed by atoms with Gasteiger partial charge in [-0.3, -0.25) is 14.6 Å². The van der Waals surface area contributed by atoms with Gasteiger partial charge in [-0.2, -0.15) is 0 Å². The maximum Gasteiger partial charge on any atom is 0.231 e. The molecule has 1 atom stereocenters. The molecule has 1 unspecified atom stereocenters. The van der Waals surface area contributed by atoms with Gasteiger partial charge in [0, 0.05) is 24.5 Å². The standard InChI is InChI=1S/C10H10N2O2/c13-9(7-2-1-4-11-6-7)8-3-5-12-10(8)14/h1-2,4,6,8H,3,5H2,(H,12,14). The number of carbonyl (C=O) groups excluding carboxylic acids is 2. The van der Waals surface area contributed by atoms with Crippen LogP contribution in [-0.2, 0) is 4.79 Å². The molecule has 1 amide bonds. The van der Waals surface area contributed by atoms with E-state index in [1.54, 1.807) is 18.3 Å². The minimum absolute atomic E-state index is 0.131. The van der Waals surface area contributed by atoms with Gasteiger partial charge < -0.3 is 5.32 Å². The summed E-state index contributed by atoms with van der Waals surface area (Å²) in [6, 6.07) is 3.38. The maximum atomic E-state index is 11.8. The van der Waals surface area contributed by atoms with E-state index in [2.05, 4.69) is 10.3 Å². The first-order valence-corrected chi connectivity index (χ1v) is 4.51. The molecule has 0 aromatic carbocycles. The molecule has 1 aliphatic rings. The number of rotatable bonds is 2. The minimum atomic E-state index is -0.515. The Morgan fingerprint density at radius 1 is 1.57 bits per heavy atom. The number of ketones is 1. The van der Waals surface area contributed by atoms with E-state index in [1.165, 1.54) is 6.20 Å². The molecule has 1 saturated heterocycles. The topological polar surface area (TPSA) is 59.1 Å². The third-order valence-electron chi connectivity index (χ3n) is 2.31. The van der Waals surface area contributed by atoms with E-state index in [9.17, 15) is 9.59 Å². The lowest BCUT2D eigenvalue weighted by atomic mass is 9.98. The number of hydrogen-bond donors (Lipinski definition) is 1. The van der Waals surface area contributed by atoms with E-state index in [-0.39, 0.29) is 11.7 Å². The van der Waals surface area contributed by atoms with Gasteiger partial charge in [0.2, 0.25) is 5.91 Å². The zero-order valence-corrected chi connectivity index (χ0v) is 7.56. The molecule has 0 spiro atoms. The third-order valence-corrected chi connectivity index (χ3v) is 2.31. The highest BCUT2D eigenvalue weighted by Crippen LogP contribution is 2.15. The molecule has 1 aromatic rings. The van der Waals surface area contributed by atoms with Gasteiger partial charge in [-0.25, -0.2) is 0 Å². The van der Waals surface area contributed by atoms with Crippen molar-refractivity contribution in [2.75, 3.05) is 6.54 Å². The van der Waals surface area contributed by atoms with Crippen molar-refractivity contribution >= 4 is 11.7 Å². The number of pyridine rings is 1. The van der Waals surface area contributed by atoms with Crippen molar-refractivity contribution in [3.63, 3.8) is 0 Å². The Kier molecular flexibility index (Phi) is 2.26. The first-order chi connectivity index (χ1) is 6.79. The molecule has 4 heteroatoms. The molecule has 0 saturated carbocycles. The molecule has 1 aliphatic heterocycles. The van der Waals surface area contributed by atoms with Gasteiger partial charge in [-0.05, 0) is 18.6 Å². The minimum Gasteiger partial charge on any atom is -0.355 e. The molecule has 2 rings (SSSR count). The number of aromatic nitrogens is 1. The van der Waals surface area contributed by atoms with Crippen LogP contribution in [0.15, 0.2) is 24.5 Å². The molecule has 4 nitrogen and oxygen atoms in total. The van der Waals surface area contributed by atoms with Crippen LogP contribution in [-0.4, -0.2) is 23.2 Å². The van der Waals surface area contributed by atoms with Crippen molar-refractivity contribution in [1.29, 1.82) is 0 Å². The summed E-state index contributed by atoms with van der Waals surface area (Å²) in [6.45, 7) is 0.593. The highest BCUT2D eigenvalue weighted by molar-refractivity contribution is 6.10. The Labute approximate surface area is 81.3 Å². The predicted octanol–water partition coefficient (Wildman–Crippen LogP) is 0.400. The number of Topliss-reactive ketones (excluding diaryl/α,β-unsaturated/α-hetero) is 1. The van der Waals surface area contributed by atoms with Gasteiger partial charge >= 0.3 is 0 Å². The second-order valence-electron chi connectivity index (χ2n) is 3.24. The molecule has 1 aromatic heterocycles. The molecular weight excluding hydrogens is 180 g/mol. The molecule has 0 radical (unpaired) electrons. The lowest BCUT2D eigenvalue weighted by Gasteiger charge is -2.04. The largest absolute Gasteiger partial charge is 0.355 e. The van der Waals surface area contributed by atoms with Gasteiger partial charge in [0.05, 0.1) is 0 Å². The van der Waals surface area contributed by atoms with Crippen molar-refractivity contribution in [2.24, 2.45) is 5.92 Å². The first kappa shape index (κ1) is 8.87. The Balaban J connectivity index is 2.20. The van der Waals surface area contributed by atoms with Crippen molar-refractivity contribution in [1.82, 2.24) is 10.3 Å². The molecule has 14 heavy (non-hydrogen) atoms. The zero-order chi connectivity index (χ0) is 9.97. The molecule has 1 N–H and O–H groups in total. The first-order valence-electron chi connectivity index (χ1n) is 4.51. The Morgan fingerprint density at radius 2 is 2.43 bits per heavy atom. The van der Waals surface area contributed by atoms with E-state index < -0.39 is 5.92 Å². The smallest absolute Gasteiger partial charge is 0.231 e. The van der Waals surface area contributed by atoms with Crippen LogP contribution in [0.5, 0.6) is 0 Å². The fourth-order valence-corrected chi connectivity index (χ4v) is 1.55. The normalized spacial score (nSPS) is 20.6. The van der Waals surface area contributed by atoms with E-state index in [1.807, 2.05) is 0 Å². The van der Waals surface area contributed by atoms with Crippen LogP contribution >= 0.6 is 0 Å². The van der Waals surface area contributed by atoms with Gasteiger partial charge in [0.1, 0.15) is 5.92 Å². The van der Waals surface area contributed by atoms with Crippen molar-refractivity contribution in [2.45, 2.75) is 6.42 Å². The van der Waals surface area contributed by atoms with Crippen molar-refractivity contribution in [3.8, 4) is 0 Å². The Hall–Kier alpha value is -1.71. The lowest BCUT2D eigenvalue weighted by Crippen LogP contribution is -2.25. The van der Waals surface area contributed by atoms with Crippen LogP contribution in [0.3, 0.4) is 0 Å². The predicted molar refractivity (Wildman–Crippen MR) is 49.7 cm³/mol. The van der Waals surface area contributed by atoms with Crippen LogP contribution in [0.1, 0.15) is 16.8 Å². The van der Waals surface area contributed by atoms with Crippen LogP contribution < -0.4 is 5.32 Å². The van der Waals surface area contributed by atoms with Gasteiger partial charge in [-0.15, -0.1) is 0 Å². The van der Waals surface area contributed by atoms with Gasteiger partial charge in [0.15, 0.2) is 5.78 Å². The van der Waals surface area contributed by atoms with Gasteiger partial charge in [0.25, 0.3) is 0 Å². The lowest BCUT2D eigenvalue weighted by molar-refractivity contribution is -0.121. The second-order valence-corrected chi connectivity index (χ2v) is 3.24. The summed E-state index contributed by atoms with van der Waals surface area (Å²) in [5.74, 6) is -0.814. The fourth-order valence-electron chi connectivity index (χ4n) is 1.55. The number of nitrogens with one attached hydrogen (secondary N) is 1. The molecular formula is C10H10N2O2. The van der Waals surface area contributed by atoms with Crippen LogP contribution in [0.25, 0.3) is 0 Å². The van der Waals surface area contributed by atoms with Crippen LogP contribution in [0, 0.1) is 5.92 Å². The van der Waals surface area contributed by atoms with Gasteiger partial charge in [-0.1, -0.05) is 0 Å². The molecule has 1 fully saturated rings. The molecule has 72 valence electrons. The van der Waals surface area contributed by atoms with Crippen LogP contribution in [0.4, 0.5) is 0 Å². The monoisotopic (exact) mass is 190 g/mol. The number of carbonyl (C=O) groups is 2. The summed E-state index contributed by atoms with van der Waals surface area (Å²) in [5, 5.41) is 2.64. The molecule has 2 heterocycles. The Morgan fingerprint density at radius 3 is 3.00 bits per heavy atom. The van der Waals surface area contributed by atoms with Crippen molar-refractivity contribution in [3.05, 3.63) is 30.1 Å². The SMILES string of the molecule is O=C1NCCC1C(=O)c1cccnc1. The molecule has 0 bridgehead atoms. The van der Waals surface area contributed by atoms with E-state index in [0.29, 0.717) is 18.5 Å². The molecule has 0 aliphatic carbocycles. The summed E-state index contributed by atoms with van der Waals surface area (Å²) in [7, 11) is 0. The summed E-state index contributed by atoms with van der Waals surface area (Å²) >= 11 is 0. The average Bonchev–Trinajstić information content (AvgIpc) is 2.65. The van der Waals surface area contributed by atoms with Crippen molar-refractivity contribution < 1.29 is 9.59 Å². The summed E-state index contributed by atoms with van der Waals surface area (Å²) < 4.78 is 0. The number of nitrogens with zero attached hydrogens (tertiary/aromatic N) is 1. The maximum absolute atomic E-state index is 11.8. The number of amides is 1. The summed E-state index contributed by atoms with van der Waals surface area (Å²) in [4.78, 5) is 26.8. The van der Waals surface area contributed by atoms with E-state index in [4.69, 9.17) is 0 Å². The quantitative estimate of drug-likeness (QED) is 0.542. The second kappa shape index (κ2) is 3.57. The highest BCUT2D eigenvalue weighted by Gasteiger charge is 2.31. The average molecular weight is 190 g/mol. The van der Waals surface area contributed by atoms with E-state index in [0.717, 1.165) is 0 Å². The number of hydrogen-bond acceptors (Lipinski definition) is 3. The zero-order valence-electron chi connectivity index (χ0n) is 7.56. The summed E-state index contributed by atoms with van der Waals surface area (Å²) in [5.41, 5.74) is 0.509. The third kappa shape index (κ3) is 1.51. The Bertz CT molecular complexity index is 362. The summed E-state index contributed by atoms with van der Waals surface area (Å²) in [6.07, 6.45) is 3.69. The van der Waals surface area contributed by atoms with Crippen LogP contribution in [0.2, 0.25) is 0 Å². The van der Waals surface area contributed by atoms with E-state index >= 15 is 0 Å². The highest BCUT2D eigenvalue weighted by atomic mass is 16.2. The fraction of sp³-hybridized carbons (Fsp3) is 0.300.